The van der Waals surface area contributed by atoms with Crippen molar-refractivity contribution >= 4 is 79.3 Å². The zero-order chi connectivity index (χ0) is 41.1. The number of hydrazone groups is 1. The van der Waals surface area contributed by atoms with Gasteiger partial charge in [0, 0.05) is 4.90 Å². The molecule has 0 atom stereocenters. The van der Waals surface area contributed by atoms with Crippen molar-refractivity contribution in [3.8, 4) is 0 Å². The highest BCUT2D eigenvalue weighted by atomic mass is 32.2. The van der Waals surface area contributed by atoms with Crippen LogP contribution in [0.1, 0.15) is 112 Å². The SMILES string of the molecule is C=CCCCCCCCCSc1ccc(C(=C)Cc2c(/C=N/Nc3nc4ccccc4s3)cc(CC(=C)c3ccc([B]CCCCCCC)cc3)c3ccccc23)cc1. The Hall–Kier alpha value is -4.65. The number of hydrogen-bond donors (Lipinski definition) is 1. The third-order valence-corrected chi connectivity index (χ3v) is 13.1. The number of nitrogens with one attached hydrogen (secondary N) is 1. The summed E-state index contributed by atoms with van der Waals surface area (Å²) in [5.74, 6) is 1.16. The lowest BCUT2D eigenvalue weighted by atomic mass is 9.66. The highest BCUT2D eigenvalue weighted by Gasteiger charge is 2.15. The molecule has 6 heteroatoms. The average molecular weight is 815 g/mol. The van der Waals surface area contributed by atoms with Gasteiger partial charge in [0.05, 0.1) is 16.4 Å². The fourth-order valence-electron chi connectivity index (χ4n) is 7.66. The molecule has 0 amide bonds. The Morgan fingerprint density at radius 1 is 0.746 bits per heavy atom. The van der Waals surface area contributed by atoms with E-state index in [1.807, 2.05) is 42.3 Å². The van der Waals surface area contributed by atoms with Gasteiger partial charge in [0.1, 0.15) is 0 Å². The number of para-hydroxylation sites is 1. The topological polar surface area (TPSA) is 37.3 Å². The smallest absolute Gasteiger partial charge is 0.204 e. The van der Waals surface area contributed by atoms with Gasteiger partial charge in [-0.1, -0.05) is 180 Å². The van der Waals surface area contributed by atoms with E-state index in [0.717, 1.165) is 57.0 Å². The Morgan fingerprint density at radius 3 is 2.17 bits per heavy atom. The van der Waals surface area contributed by atoms with Crippen LogP contribution in [-0.2, 0) is 12.8 Å². The molecule has 303 valence electrons. The first-order valence-electron chi connectivity index (χ1n) is 21.8. The van der Waals surface area contributed by atoms with Crippen molar-refractivity contribution in [2.45, 2.75) is 108 Å². The summed E-state index contributed by atoms with van der Waals surface area (Å²) in [7, 11) is 2.37. The third kappa shape index (κ3) is 13.4. The summed E-state index contributed by atoms with van der Waals surface area (Å²) in [5.41, 5.74) is 13.6. The molecule has 6 aromatic rings. The quantitative estimate of drug-likeness (QED) is 0.0148. The molecular formula is C53H61BN3S2. The molecule has 3 nitrogen and oxygen atoms in total. The van der Waals surface area contributed by atoms with Crippen molar-refractivity contribution in [3.05, 3.63) is 157 Å². The molecule has 0 bridgehead atoms. The van der Waals surface area contributed by atoms with E-state index in [-0.39, 0.29) is 0 Å². The predicted molar refractivity (Wildman–Crippen MR) is 265 cm³/mol. The van der Waals surface area contributed by atoms with Crippen LogP contribution in [0.3, 0.4) is 0 Å². The van der Waals surface area contributed by atoms with Crippen LogP contribution in [0.5, 0.6) is 0 Å². The lowest BCUT2D eigenvalue weighted by Gasteiger charge is -2.17. The fourth-order valence-corrected chi connectivity index (χ4v) is 9.39. The summed E-state index contributed by atoms with van der Waals surface area (Å²) >= 11 is 3.57. The number of hydrogen-bond acceptors (Lipinski definition) is 5. The maximum absolute atomic E-state index is 4.77. The normalized spacial score (nSPS) is 11.4. The van der Waals surface area contributed by atoms with Gasteiger partial charge in [-0.2, -0.15) is 5.10 Å². The third-order valence-electron chi connectivity index (χ3n) is 11.1. The number of thiazole rings is 1. The maximum atomic E-state index is 4.77. The van der Waals surface area contributed by atoms with Gasteiger partial charge in [0.2, 0.25) is 5.13 Å². The van der Waals surface area contributed by atoms with Gasteiger partial charge < -0.3 is 0 Å². The van der Waals surface area contributed by atoms with Gasteiger partial charge in [-0.05, 0) is 118 Å². The average Bonchev–Trinajstić information content (AvgIpc) is 3.69. The van der Waals surface area contributed by atoms with Gasteiger partial charge in [-0.25, -0.2) is 4.98 Å². The number of fused-ring (bicyclic) bond motifs is 2. The highest BCUT2D eigenvalue weighted by molar-refractivity contribution is 7.99. The highest BCUT2D eigenvalue weighted by Crippen LogP contribution is 2.33. The number of unbranched alkanes of at least 4 members (excludes halogenated alkanes) is 10. The van der Waals surface area contributed by atoms with Gasteiger partial charge in [-0.3, -0.25) is 5.43 Å². The van der Waals surface area contributed by atoms with Crippen LogP contribution in [-0.4, -0.2) is 24.2 Å². The minimum atomic E-state index is 0.708. The van der Waals surface area contributed by atoms with Crippen molar-refractivity contribution in [1.29, 1.82) is 0 Å². The van der Waals surface area contributed by atoms with Crippen LogP contribution >= 0.6 is 23.1 Å². The Morgan fingerprint density at radius 2 is 1.41 bits per heavy atom. The molecule has 1 aromatic heterocycles. The standard InChI is InChI=1S/C53H61BN3S2/c1-5-7-9-11-12-13-15-21-35-58-47-32-28-43(29-33-47)41(4)37-50-45(39-55-57-53-56-51-24-18-19-25-52(51)59-53)38-44(48-22-16-17-23-49(48)50)36-40(3)42-26-30-46(31-27-42)54-34-20-14-10-8-6-2/h5,16-19,22-33,38-39H,1,3-4,6-15,20-21,34-37H2,2H3,(H,56,57)/b55-39+. The van der Waals surface area contributed by atoms with Crippen LogP contribution in [0, 0.1) is 0 Å². The van der Waals surface area contributed by atoms with Crippen LogP contribution in [0.15, 0.2) is 139 Å². The minimum Gasteiger partial charge on any atom is -0.253 e. The first-order chi connectivity index (χ1) is 29.0. The van der Waals surface area contributed by atoms with E-state index in [4.69, 9.17) is 10.1 Å². The molecule has 0 aliphatic rings. The van der Waals surface area contributed by atoms with E-state index in [1.165, 1.54) is 114 Å². The summed E-state index contributed by atoms with van der Waals surface area (Å²) in [4.78, 5) is 6.07. The minimum absolute atomic E-state index is 0.708. The number of anilines is 1. The van der Waals surface area contributed by atoms with Gasteiger partial charge >= 0.3 is 0 Å². The second-order valence-electron chi connectivity index (χ2n) is 15.7. The van der Waals surface area contributed by atoms with Gasteiger partial charge in [0.25, 0.3) is 0 Å². The zero-order valence-electron chi connectivity index (χ0n) is 35.2. The van der Waals surface area contributed by atoms with Crippen LogP contribution in [0.25, 0.3) is 32.1 Å². The molecule has 0 saturated carbocycles. The van der Waals surface area contributed by atoms with Gasteiger partial charge in [-0.15, -0.1) is 18.3 Å². The second-order valence-corrected chi connectivity index (χ2v) is 17.9. The first-order valence-corrected chi connectivity index (χ1v) is 23.6. The molecule has 0 unspecified atom stereocenters. The van der Waals surface area contributed by atoms with Crippen LogP contribution in [0.2, 0.25) is 6.32 Å². The Labute approximate surface area is 363 Å². The molecule has 0 fully saturated rings. The summed E-state index contributed by atoms with van der Waals surface area (Å²) in [6.45, 7) is 15.3. The van der Waals surface area contributed by atoms with Crippen molar-refractivity contribution in [1.82, 2.24) is 4.98 Å². The predicted octanol–water partition coefficient (Wildman–Crippen LogP) is 15.1. The summed E-state index contributed by atoms with van der Waals surface area (Å²) < 4.78 is 1.14. The summed E-state index contributed by atoms with van der Waals surface area (Å²) in [5, 5.41) is 8.01. The fraction of sp³-hybridized carbons (Fsp3) is 0.321. The maximum Gasteiger partial charge on any atom is 0.204 e. The van der Waals surface area contributed by atoms with Crippen molar-refractivity contribution in [3.63, 3.8) is 0 Å². The first kappa shape index (κ1) is 43.9. The Balaban J connectivity index is 1.17. The number of benzene rings is 5. The molecule has 59 heavy (non-hydrogen) atoms. The van der Waals surface area contributed by atoms with E-state index in [1.54, 1.807) is 11.3 Å². The largest absolute Gasteiger partial charge is 0.253 e. The Kier molecular flexibility index (Phi) is 17.7. The van der Waals surface area contributed by atoms with Crippen molar-refractivity contribution in [2.75, 3.05) is 11.2 Å². The Bertz CT molecular complexity index is 2250. The summed E-state index contributed by atoms with van der Waals surface area (Å²) in [6, 6.07) is 37.2. The second kappa shape index (κ2) is 23.8. The molecule has 6 rings (SSSR count). The van der Waals surface area contributed by atoms with E-state index in [9.17, 15) is 0 Å². The number of aromatic nitrogens is 1. The molecule has 0 aliphatic heterocycles. The molecule has 0 saturated heterocycles. The van der Waals surface area contributed by atoms with E-state index in [2.05, 4.69) is 124 Å². The number of allylic oxidation sites excluding steroid dienone is 3. The summed E-state index contributed by atoms with van der Waals surface area (Å²) in [6.07, 6.45) is 22.1. The van der Waals surface area contributed by atoms with Crippen LogP contribution in [0.4, 0.5) is 5.13 Å². The molecule has 1 heterocycles. The van der Waals surface area contributed by atoms with Crippen molar-refractivity contribution < 1.29 is 0 Å². The van der Waals surface area contributed by atoms with E-state index >= 15 is 0 Å². The van der Waals surface area contributed by atoms with Crippen LogP contribution < -0.4 is 10.9 Å². The molecule has 1 radical (unpaired) electrons. The molecule has 5 aromatic carbocycles. The number of rotatable bonds is 26. The van der Waals surface area contributed by atoms with Crippen molar-refractivity contribution in [2.24, 2.45) is 5.10 Å². The zero-order valence-corrected chi connectivity index (χ0v) is 36.8. The molecular weight excluding hydrogens is 754 g/mol. The molecule has 0 aliphatic carbocycles. The molecule has 0 spiro atoms. The van der Waals surface area contributed by atoms with E-state index in [0.29, 0.717) is 6.42 Å². The molecule has 1 N–H and O–H groups in total. The van der Waals surface area contributed by atoms with E-state index < -0.39 is 0 Å². The lowest BCUT2D eigenvalue weighted by Crippen LogP contribution is -2.13. The monoisotopic (exact) mass is 814 g/mol. The number of thioether (sulfide) groups is 1. The number of nitrogens with zero attached hydrogens (tertiary/aromatic N) is 2. The lowest BCUT2D eigenvalue weighted by molar-refractivity contribution is 0.613. The van der Waals surface area contributed by atoms with Gasteiger partial charge in [0.15, 0.2) is 7.28 Å².